The highest BCUT2D eigenvalue weighted by atomic mass is 16.5. The van der Waals surface area contributed by atoms with Crippen LogP contribution in [0, 0.1) is 0 Å². The fourth-order valence-corrected chi connectivity index (χ4v) is 3.45. The van der Waals surface area contributed by atoms with Crippen molar-refractivity contribution in [2.24, 2.45) is 0 Å². The minimum absolute atomic E-state index is 0.233. The van der Waals surface area contributed by atoms with Crippen LogP contribution >= 0.6 is 0 Å². The first-order chi connectivity index (χ1) is 14.1. The van der Waals surface area contributed by atoms with Gasteiger partial charge in [0.2, 0.25) is 0 Å². The number of H-pyrrole nitrogens is 1. The number of hydrogen-bond acceptors (Lipinski definition) is 4. The number of nitrogens with zero attached hydrogens (tertiary/aromatic N) is 2. The van der Waals surface area contributed by atoms with Gasteiger partial charge < -0.3 is 19.4 Å². The largest absolute Gasteiger partial charge is 0.497 e. The van der Waals surface area contributed by atoms with Gasteiger partial charge in [0.05, 0.1) is 31.1 Å². The molecule has 4 rings (SSSR count). The number of ether oxygens (including phenoxy) is 2. The maximum Gasteiger partial charge on any atom is 0.256 e. The number of aryl methyl sites for hydroxylation is 1. The van der Waals surface area contributed by atoms with Gasteiger partial charge in [0.15, 0.2) is 5.82 Å². The number of fused-ring (bicyclic) bond motifs is 1. The monoisotopic (exact) mass is 390 g/mol. The molecule has 0 saturated heterocycles. The van der Waals surface area contributed by atoms with Crippen LogP contribution in [0.4, 0.5) is 5.82 Å². The second kappa shape index (κ2) is 7.71. The first kappa shape index (κ1) is 18.6. The van der Waals surface area contributed by atoms with Crippen LogP contribution in [-0.2, 0) is 6.54 Å². The maximum absolute atomic E-state index is 12.5. The normalized spacial score (nSPS) is 10.9. The Hall–Kier alpha value is -3.74. The summed E-state index contributed by atoms with van der Waals surface area (Å²) in [6, 6.07) is 16.8. The number of aromatic nitrogens is 3. The number of benzene rings is 2. The summed E-state index contributed by atoms with van der Waals surface area (Å²) in [7, 11) is 3.26. The SMILES string of the molecule is CCn1c(-c2cc(NC(=O)c3ccc(OC)cc3)n[nH]2)cc2c(OC)cccc21. The Morgan fingerprint density at radius 3 is 2.59 bits per heavy atom. The predicted octanol–water partition coefficient (Wildman–Crippen LogP) is 4.32. The van der Waals surface area contributed by atoms with E-state index in [9.17, 15) is 4.79 Å². The van der Waals surface area contributed by atoms with Crippen molar-refractivity contribution >= 4 is 22.6 Å². The third-order valence-corrected chi connectivity index (χ3v) is 4.89. The Kier molecular flexibility index (Phi) is 4.95. The Labute approximate surface area is 168 Å². The topological polar surface area (TPSA) is 81.2 Å². The van der Waals surface area contributed by atoms with E-state index in [0.29, 0.717) is 17.1 Å². The Balaban J connectivity index is 1.62. The zero-order chi connectivity index (χ0) is 20.4. The van der Waals surface area contributed by atoms with E-state index in [4.69, 9.17) is 9.47 Å². The summed E-state index contributed by atoms with van der Waals surface area (Å²) in [5.41, 5.74) is 3.41. The molecule has 0 bridgehead atoms. The molecule has 0 aliphatic heterocycles. The van der Waals surface area contributed by atoms with Gasteiger partial charge >= 0.3 is 0 Å². The lowest BCUT2D eigenvalue weighted by Crippen LogP contribution is -2.11. The average molecular weight is 390 g/mol. The molecule has 7 nitrogen and oxygen atoms in total. The van der Waals surface area contributed by atoms with E-state index in [1.54, 1.807) is 38.5 Å². The van der Waals surface area contributed by atoms with E-state index in [1.165, 1.54) is 0 Å². The molecule has 2 heterocycles. The predicted molar refractivity (Wildman–Crippen MR) is 113 cm³/mol. The minimum atomic E-state index is -0.233. The van der Waals surface area contributed by atoms with Gasteiger partial charge in [0.25, 0.3) is 5.91 Å². The molecule has 2 aromatic heterocycles. The highest BCUT2D eigenvalue weighted by Gasteiger charge is 2.16. The molecule has 0 fully saturated rings. The first-order valence-corrected chi connectivity index (χ1v) is 9.32. The Morgan fingerprint density at radius 2 is 1.90 bits per heavy atom. The molecule has 29 heavy (non-hydrogen) atoms. The first-order valence-electron chi connectivity index (χ1n) is 9.32. The van der Waals surface area contributed by atoms with Crippen LogP contribution in [0.15, 0.2) is 54.6 Å². The smallest absolute Gasteiger partial charge is 0.256 e. The van der Waals surface area contributed by atoms with Crippen LogP contribution in [0.1, 0.15) is 17.3 Å². The van der Waals surface area contributed by atoms with E-state index in [0.717, 1.165) is 34.6 Å². The lowest BCUT2D eigenvalue weighted by atomic mass is 10.2. The van der Waals surface area contributed by atoms with Gasteiger partial charge in [-0.2, -0.15) is 5.10 Å². The summed E-state index contributed by atoms with van der Waals surface area (Å²) in [5.74, 6) is 1.75. The molecule has 0 spiro atoms. The number of carbonyl (C=O) groups is 1. The van der Waals surface area contributed by atoms with Crippen LogP contribution in [0.2, 0.25) is 0 Å². The van der Waals surface area contributed by atoms with Gasteiger partial charge in [-0.1, -0.05) is 6.07 Å². The molecule has 0 aliphatic rings. The van der Waals surface area contributed by atoms with Crippen molar-refractivity contribution in [2.45, 2.75) is 13.5 Å². The lowest BCUT2D eigenvalue weighted by Gasteiger charge is -2.06. The summed E-state index contributed by atoms with van der Waals surface area (Å²) in [4.78, 5) is 12.5. The fraction of sp³-hybridized carbons (Fsp3) is 0.182. The molecule has 0 radical (unpaired) electrons. The lowest BCUT2D eigenvalue weighted by molar-refractivity contribution is 0.102. The number of methoxy groups -OCH3 is 2. The summed E-state index contributed by atoms with van der Waals surface area (Å²) >= 11 is 0. The quantitative estimate of drug-likeness (QED) is 0.514. The second-order valence-electron chi connectivity index (χ2n) is 6.52. The van der Waals surface area contributed by atoms with E-state index in [2.05, 4.69) is 39.1 Å². The number of hydrogen-bond donors (Lipinski definition) is 2. The van der Waals surface area contributed by atoms with Gasteiger partial charge in [-0.25, -0.2) is 0 Å². The number of amides is 1. The second-order valence-corrected chi connectivity index (χ2v) is 6.52. The maximum atomic E-state index is 12.5. The molecular weight excluding hydrogens is 368 g/mol. The van der Waals surface area contributed by atoms with Crippen molar-refractivity contribution in [3.63, 3.8) is 0 Å². The summed E-state index contributed by atoms with van der Waals surface area (Å²) in [5, 5.41) is 11.1. The van der Waals surface area contributed by atoms with Gasteiger partial charge in [0.1, 0.15) is 11.5 Å². The highest BCUT2D eigenvalue weighted by Crippen LogP contribution is 2.33. The van der Waals surface area contributed by atoms with Gasteiger partial charge in [-0.3, -0.25) is 9.89 Å². The van der Waals surface area contributed by atoms with Crippen LogP contribution in [-0.4, -0.2) is 34.9 Å². The van der Waals surface area contributed by atoms with E-state index in [-0.39, 0.29) is 5.91 Å². The van der Waals surface area contributed by atoms with Crippen molar-refractivity contribution in [1.29, 1.82) is 0 Å². The molecule has 4 aromatic rings. The summed E-state index contributed by atoms with van der Waals surface area (Å²) in [6.45, 7) is 2.88. The molecule has 2 N–H and O–H groups in total. The number of rotatable bonds is 6. The van der Waals surface area contributed by atoms with Crippen molar-refractivity contribution in [1.82, 2.24) is 14.8 Å². The Morgan fingerprint density at radius 1 is 1.10 bits per heavy atom. The van der Waals surface area contributed by atoms with E-state index in [1.807, 2.05) is 18.2 Å². The van der Waals surface area contributed by atoms with Crippen molar-refractivity contribution < 1.29 is 14.3 Å². The van der Waals surface area contributed by atoms with Crippen molar-refractivity contribution in [2.75, 3.05) is 19.5 Å². The molecule has 0 atom stereocenters. The van der Waals surface area contributed by atoms with E-state index < -0.39 is 0 Å². The van der Waals surface area contributed by atoms with Gasteiger partial charge in [0, 0.05) is 23.6 Å². The van der Waals surface area contributed by atoms with Crippen LogP contribution in [0.5, 0.6) is 11.5 Å². The number of nitrogens with one attached hydrogen (secondary N) is 2. The van der Waals surface area contributed by atoms with Crippen molar-refractivity contribution in [3.8, 4) is 22.9 Å². The zero-order valence-electron chi connectivity index (χ0n) is 16.5. The minimum Gasteiger partial charge on any atom is -0.497 e. The van der Waals surface area contributed by atoms with Crippen LogP contribution in [0.3, 0.4) is 0 Å². The summed E-state index contributed by atoms with van der Waals surface area (Å²) < 4.78 is 12.8. The van der Waals surface area contributed by atoms with Crippen LogP contribution < -0.4 is 14.8 Å². The number of anilines is 1. The highest BCUT2D eigenvalue weighted by molar-refractivity contribution is 6.04. The van der Waals surface area contributed by atoms with Gasteiger partial charge in [-0.05, 0) is 49.4 Å². The molecular formula is C22H22N4O3. The average Bonchev–Trinajstić information content (AvgIpc) is 3.37. The Bertz CT molecular complexity index is 1160. The molecule has 2 aromatic carbocycles. The summed E-state index contributed by atoms with van der Waals surface area (Å²) in [6.07, 6.45) is 0. The van der Waals surface area contributed by atoms with Crippen molar-refractivity contribution in [3.05, 3.63) is 60.2 Å². The number of aromatic amines is 1. The molecule has 0 saturated carbocycles. The molecule has 0 unspecified atom stereocenters. The van der Waals surface area contributed by atoms with Gasteiger partial charge in [-0.15, -0.1) is 0 Å². The third kappa shape index (κ3) is 3.42. The fourth-order valence-electron chi connectivity index (χ4n) is 3.45. The van der Waals surface area contributed by atoms with Crippen LogP contribution in [0.25, 0.3) is 22.3 Å². The number of carbonyl (C=O) groups excluding carboxylic acids is 1. The third-order valence-electron chi connectivity index (χ3n) is 4.89. The molecule has 1 amide bonds. The zero-order valence-corrected chi connectivity index (χ0v) is 16.5. The standard InChI is InChI=1S/C22H22N4O3/c1-4-26-18-6-5-7-20(29-3)16(18)12-19(26)17-13-21(25-24-17)23-22(27)14-8-10-15(28-2)11-9-14/h5-13H,4H2,1-3H3,(H2,23,24,25,27). The molecule has 7 heteroatoms. The molecule has 148 valence electrons. The van der Waals surface area contributed by atoms with E-state index >= 15 is 0 Å². The molecule has 0 aliphatic carbocycles.